The Morgan fingerprint density at radius 3 is 1.37 bits per heavy atom. The minimum atomic E-state index is -4.71. The number of hydrogen-bond donors (Lipinski definition) is 1. The molecule has 1 amide bonds. The van der Waals surface area contributed by atoms with Crippen molar-refractivity contribution in [1.82, 2.24) is 5.32 Å². The summed E-state index contributed by atoms with van der Waals surface area (Å²) < 4.78 is 30.2. The van der Waals surface area contributed by atoms with Crippen LogP contribution in [0, 0.1) is 0 Å². The van der Waals surface area contributed by atoms with Crippen LogP contribution in [-0.2, 0) is 27.9 Å². The highest BCUT2D eigenvalue weighted by atomic mass is 31.2. The third kappa shape index (κ3) is 51.9. The van der Waals surface area contributed by atoms with E-state index in [1.807, 2.05) is 94.1 Å². The third-order valence-corrected chi connectivity index (χ3v) is 13.5. The third-order valence-electron chi connectivity index (χ3n) is 12.5. The molecule has 410 valence electrons. The Balaban J connectivity index is 5.38. The zero-order chi connectivity index (χ0) is 52.2. The molecule has 0 aliphatic heterocycles. The van der Waals surface area contributed by atoms with Gasteiger partial charge in [0.25, 0.3) is 7.82 Å². The summed E-state index contributed by atoms with van der Waals surface area (Å²) in [5.41, 5.74) is 0. The van der Waals surface area contributed by atoms with Crippen molar-refractivity contribution in [3.63, 3.8) is 0 Å². The summed E-state index contributed by atoms with van der Waals surface area (Å²) in [5, 5.41) is 2.99. The number of quaternary nitrogens is 1. The van der Waals surface area contributed by atoms with Gasteiger partial charge in [-0.2, -0.15) is 0 Å². The van der Waals surface area contributed by atoms with Gasteiger partial charge in [-0.3, -0.25) is 14.2 Å². The van der Waals surface area contributed by atoms with Gasteiger partial charge in [0.05, 0.1) is 33.8 Å². The molecule has 1 N–H and O–H groups in total. The van der Waals surface area contributed by atoms with E-state index >= 15 is 0 Å². The summed E-state index contributed by atoms with van der Waals surface area (Å²) in [6.45, 7) is 6.65. The van der Waals surface area contributed by atoms with Crippen molar-refractivity contribution < 1.29 is 37.3 Å². The summed E-state index contributed by atoms with van der Waals surface area (Å²) in [4.78, 5) is 39.8. The Bertz CT molecular complexity index is 1490. The van der Waals surface area contributed by atoms with Crippen LogP contribution in [0.2, 0.25) is 0 Å². The molecule has 0 heterocycles. The molecular weight excluding hydrogens is 904 g/mol. The van der Waals surface area contributed by atoms with E-state index in [0.29, 0.717) is 17.4 Å². The molecule has 0 aromatic rings. The number of esters is 1. The number of carbonyl (C=O) groups is 2. The van der Waals surface area contributed by atoms with Gasteiger partial charge >= 0.3 is 5.97 Å². The maximum absolute atomic E-state index is 13.5. The number of unbranched alkanes of at least 4 members (excludes halogenated alkanes) is 28. The van der Waals surface area contributed by atoms with Crippen LogP contribution in [-0.4, -0.2) is 69.4 Å². The van der Waals surface area contributed by atoms with Crippen molar-refractivity contribution >= 4 is 19.7 Å². The van der Waals surface area contributed by atoms with E-state index in [9.17, 15) is 19.0 Å². The lowest BCUT2D eigenvalue weighted by molar-refractivity contribution is -0.870. The van der Waals surface area contributed by atoms with E-state index in [2.05, 4.69) is 38.2 Å². The Labute approximate surface area is 437 Å². The molecule has 0 saturated carbocycles. The van der Waals surface area contributed by atoms with Crippen molar-refractivity contribution in [3.8, 4) is 0 Å². The summed E-state index contributed by atoms with van der Waals surface area (Å²) >= 11 is 0. The molecule has 0 aliphatic carbocycles. The first-order valence-electron chi connectivity index (χ1n) is 29.0. The van der Waals surface area contributed by atoms with Crippen LogP contribution in [0.15, 0.2) is 85.1 Å². The second kappa shape index (κ2) is 50.7. The number of rotatable bonds is 51. The first-order valence-corrected chi connectivity index (χ1v) is 30.4. The number of nitrogens with one attached hydrogen (secondary N) is 1. The van der Waals surface area contributed by atoms with Crippen LogP contribution in [0.4, 0.5) is 0 Å². The molecule has 0 fully saturated rings. The van der Waals surface area contributed by atoms with Crippen molar-refractivity contribution in [2.75, 3.05) is 40.9 Å². The second-order valence-electron chi connectivity index (χ2n) is 20.6. The number of hydrogen-bond acceptors (Lipinski definition) is 7. The summed E-state index contributed by atoms with van der Waals surface area (Å²) in [6.07, 6.45) is 65.5. The lowest BCUT2D eigenvalue weighted by Gasteiger charge is -2.30. The van der Waals surface area contributed by atoms with Gasteiger partial charge in [0.2, 0.25) is 5.91 Å². The number of amides is 1. The van der Waals surface area contributed by atoms with Crippen LogP contribution in [0.3, 0.4) is 0 Å². The molecule has 71 heavy (non-hydrogen) atoms. The molecule has 0 spiro atoms. The Kier molecular flexibility index (Phi) is 48.7. The summed E-state index contributed by atoms with van der Waals surface area (Å²) in [5.74, 6) is -0.592. The largest absolute Gasteiger partial charge is 0.756 e. The second-order valence-corrected chi connectivity index (χ2v) is 22.0. The highest BCUT2D eigenvalue weighted by molar-refractivity contribution is 7.45. The molecule has 10 heteroatoms. The first-order chi connectivity index (χ1) is 34.4. The van der Waals surface area contributed by atoms with Gasteiger partial charge < -0.3 is 28.5 Å². The van der Waals surface area contributed by atoms with Crippen molar-refractivity contribution in [3.05, 3.63) is 85.1 Å². The molecule has 3 atom stereocenters. The van der Waals surface area contributed by atoms with Crippen molar-refractivity contribution in [2.24, 2.45) is 0 Å². The molecule has 0 aromatic carbocycles. The minimum absolute atomic E-state index is 0.0343. The molecule has 0 radical (unpaired) electrons. The molecule has 9 nitrogen and oxygen atoms in total. The molecule has 0 bridgehead atoms. The lowest BCUT2D eigenvalue weighted by atomic mass is 10.0. The van der Waals surface area contributed by atoms with E-state index in [0.717, 1.165) is 64.2 Å². The monoisotopic (exact) mass is 1010 g/mol. The maximum atomic E-state index is 13.5. The molecular formula is C61H109N2O7P. The highest BCUT2D eigenvalue weighted by Gasteiger charge is 2.27. The zero-order valence-corrected chi connectivity index (χ0v) is 47.5. The van der Waals surface area contributed by atoms with Crippen LogP contribution in [0.25, 0.3) is 0 Å². The fourth-order valence-corrected chi connectivity index (χ4v) is 8.75. The van der Waals surface area contributed by atoms with Gasteiger partial charge in [0.15, 0.2) is 0 Å². The fourth-order valence-electron chi connectivity index (χ4n) is 8.02. The van der Waals surface area contributed by atoms with Gasteiger partial charge in [0, 0.05) is 12.8 Å². The van der Waals surface area contributed by atoms with Gasteiger partial charge in [-0.25, -0.2) is 0 Å². The Morgan fingerprint density at radius 2 is 0.901 bits per heavy atom. The summed E-state index contributed by atoms with van der Waals surface area (Å²) in [6, 6.07) is -0.913. The average molecular weight is 1010 g/mol. The number of nitrogens with zero attached hydrogens (tertiary/aromatic N) is 1. The number of likely N-dealkylation sites (N-methyl/N-ethyl adjacent to an activating group) is 1. The zero-order valence-electron chi connectivity index (χ0n) is 46.7. The van der Waals surface area contributed by atoms with E-state index in [4.69, 9.17) is 13.8 Å². The predicted octanol–water partition coefficient (Wildman–Crippen LogP) is 16.8. The number of phosphoric ester groups is 1. The standard InChI is InChI=1S/C61H109N2O7P/c1-7-10-13-16-19-22-25-27-29-31-33-35-38-41-44-47-50-53-60(64)62-58(57-69-71(66,67)68-56-55-63(4,5)6)59(52-49-46-43-40-37-24-21-18-15-12-9-3)70-61(65)54-51-48-45-42-39-36-34-32-30-28-26-23-20-17-14-11-8-2/h10,13,16,19,22,25,27,29,31,33,35,38,49,52,58-59H,7-9,11-12,14-15,17-18,20-21,23-24,26,28,30,32,34,36-37,39-48,50-51,53-57H2,1-6H3,(H-,62,64,66,67)/b13-10-,19-16+,25-22+,29-27-,33-31+,38-35+,52-49+. The minimum Gasteiger partial charge on any atom is -0.756 e. The quantitative estimate of drug-likeness (QED) is 0.0161. The van der Waals surface area contributed by atoms with Crippen LogP contribution >= 0.6 is 7.82 Å². The molecule has 0 aliphatic rings. The number of ether oxygens (including phenoxy) is 1. The topological polar surface area (TPSA) is 114 Å². The first kappa shape index (κ1) is 68.2. The van der Waals surface area contributed by atoms with E-state index < -0.39 is 26.6 Å². The van der Waals surface area contributed by atoms with Crippen LogP contribution in [0.1, 0.15) is 239 Å². The average Bonchev–Trinajstić information content (AvgIpc) is 3.33. The van der Waals surface area contributed by atoms with E-state index in [-0.39, 0.29) is 31.3 Å². The molecule has 0 aromatic heterocycles. The Hall–Kier alpha value is -2.81. The normalized spacial score (nSPS) is 14.4. The van der Waals surface area contributed by atoms with Crippen molar-refractivity contribution in [2.45, 2.75) is 251 Å². The maximum Gasteiger partial charge on any atom is 0.306 e. The number of carbonyl (C=O) groups excluding carboxylic acids is 2. The van der Waals surface area contributed by atoms with E-state index in [1.165, 1.54) is 135 Å². The molecule has 0 rings (SSSR count). The van der Waals surface area contributed by atoms with Gasteiger partial charge in [0.1, 0.15) is 19.3 Å². The van der Waals surface area contributed by atoms with Gasteiger partial charge in [-0.15, -0.1) is 0 Å². The van der Waals surface area contributed by atoms with Gasteiger partial charge in [-0.05, 0) is 51.0 Å². The van der Waals surface area contributed by atoms with Gasteiger partial charge in [-0.1, -0.05) is 260 Å². The van der Waals surface area contributed by atoms with E-state index in [1.54, 1.807) is 0 Å². The fraction of sp³-hybridized carbons (Fsp3) is 0.738. The molecule has 3 unspecified atom stereocenters. The highest BCUT2D eigenvalue weighted by Crippen LogP contribution is 2.38. The van der Waals surface area contributed by atoms with Crippen LogP contribution < -0.4 is 10.2 Å². The predicted molar refractivity (Wildman–Crippen MR) is 302 cm³/mol. The molecule has 0 saturated heterocycles. The smallest absolute Gasteiger partial charge is 0.306 e. The summed E-state index contributed by atoms with van der Waals surface area (Å²) in [7, 11) is 1.15. The number of phosphoric acid groups is 1. The number of allylic oxidation sites excluding steroid dienone is 13. The Morgan fingerprint density at radius 1 is 0.507 bits per heavy atom. The van der Waals surface area contributed by atoms with Crippen LogP contribution in [0.5, 0.6) is 0 Å². The lowest BCUT2D eigenvalue weighted by Crippen LogP contribution is -2.47. The van der Waals surface area contributed by atoms with Crippen molar-refractivity contribution in [1.29, 1.82) is 0 Å². The SMILES string of the molecule is CC\C=C/C=C/C=C/C=C\C=C\C=C\CCCCCC(=O)NC(COP(=O)([O-])OCC[N+](C)(C)C)C(/C=C/CCCCCCCCCCC)OC(=O)CCCCCCCCCCCCCCCCCCC.